The van der Waals surface area contributed by atoms with Crippen molar-refractivity contribution < 1.29 is 9.90 Å². The van der Waals surface area contributed by atoms with Crippen LogP contribution >= 0.6 is 0 Å². The van der Waals surface area contributed by atoms with Crippen molar-refractivity contribution in [2.75, 3.05) is 6.61 Å². The molecule has 1 amide bonds. The molecule has 0 bridgehead atoms. The molecule has 100 valence electrons. The molecule has 4 nitrogen and oxygen atoms in total. The molecule has 4 heteroatoms. The highest BCUT2D eigenvalue weighted by Crippen LogP contribution is 2.12. The van der Waals surface area contributed by atoms with Crippen molar-refractivity contribution in [2.45, 2.75) is 32.4 Å². The van der Waals surface area contributed by atoms with E-state index in [2.05, 4.69) is 5.32 Å². The molecule has 0 spiro atoms. The third-order valence-corrected chi connectivity index (χ3v) is 3.00. The maximum atomic E-state index is 11.8. The Morgan fingerprint density at radius 2 is 1.94 bits per heavy atom. The lowest BCUT2D eigenvalue weighted by atomic mass is 10.0. The standard InChI is InChI=1S/C14H22N2O2/c1-10(2)12(15)8-14(18)16-13(9-17)11-6-4-3-5-7-11/h3-7,10,12-13,17H,8-9,15H2,1-2H3,(H,16,18)/t12?,13-/m0/s1. The number of nitrogens with one attached hydrogen (secondary N) is 1. The SMILES string of the molecule is CC(C)C(N)CC(=O)N[C@@H](CO)c1ccccc1. The van der Waals surface area contributed by atoms with Crippen LogP contribution in [0, 0.1) is 5.92 Å². The maximum Gasteiger partial charge on any atom is 0.222 e. The Hall–Kier alpha value is -1.39. The average molecular weight is 250 g/mol. The lowest BCUT2D eigenvalue weighted by molar-refractivity contribution is -0.122. The van der Waals surface area contributed by atoms with E-state index in [0.29, 0.717) is 0 Å². The number of rotatable bonds is 6. The van der Waals surface area contributed by atoms with Crippen molar-refractivity contribution in [1.29, 1.82) is 0 Å². The van der Waals surface area contributed by atoms with Gasteiger partial charge in [0.2, 0.25) is 5.91 Å². The van der Waals surface area contributed by atoms with Crippen LogP contribution in [0.3, 0.4) is 0 Å². The van der Waals surface area contributed by atoms with Gasteiger partial charge in [-0.05, 0) is 11.5 Å². The number of carbonyl (C=O) groups is 1. The summed E-state index contributed by atoms with van der Waals surface area (Å²) < 4.78 is 0. The number of aliphatic hydroxyl groups excluding tert-OH is 1. The van der Waals surface area contributed by atoms with E-state index in [0.717, 1.165) is 5.56 Å². The first-order valence-corrected chi connectivity index (χ1v) is 6.25. The quantitative estimate of drug-likeness (QED) is 0.710. The van der Waals surface area contributed by atoms with Crippen molar-refractivity contribution in [3.8, 4) is 0 Å². The first kappa shape index (κ1) is 14.7. The molecule has 0 heterocycles. The lowest BCUT2D eigenvalue weighted by Crippen LogP contribution is -2.37. The van der Waals surface area contributed by atoms with E-state index >= 15 is 0 Å². The predicted molar refractivity (Wildman–Crippen MR) is 71.8 cm³/mol. The van der Waals surface area contributed by atoms with Crippen LogP contribution < -0.4 is 11.1 Å². The van der Waals surface area contributed by atoms with Crippen molar-refractivity contribution in [2.24, 2.45) is 11.7 Å². The average Bonchev–Trinajstić information content (AvgIpc) is 2.36. The Labute approximate surface area is 108 Å². The van der Waals surface area contributed by atoms with Gasteiger partial charge in [0.05, 0.1) is 12.6 Å². The van der Waals surface area contributed by atoms with Crippen molar-refractivity contribution in [1.82, 2.24) is 5.32 Å². The molecule has 1 aromatic carbocycles. The summed E-state index contributed by atoms with van der Waals surface area (Å²) >= 11 is 0. The zero-order valence-corrected chi connectivity index (χ0v) is 11.0. The highest BCUT2D eigenvalue weighted by atomic mass is 16.3. The molecule has 2 atom stereocenters. The van der Waals surface area contributed by atoms with E-state index in [1.807, 2.05) is 44.2 Å². The number of amides is 1. The molecule has 0 saturated carbocycles. The van der Waals surface area contributed by atoms with E-state index < -0.39 is 0 Å². The second-order valence-electron chi connectivity index (χ2n) is 4.83. The smallest absolute Gasteiger partial charge is 0.222 e. The molecule has 0 radical (unpaired) electrons. The van der Waals surface area contributed by atoms with Gasteiger partial charge in [0.15, 0.2) is 0 Å². The molecule has 1 rings (SSSR count). The summed E-state index contributed by atoms with van der Waals surface area (Å²) in [5.74, 6) is 0.138. The van der Waals surface area contributed by atoms with Gasteiger partial charge < -0.3 is 16.2 Å². The highest BCUT2D eigenvalue weighted by Gasteiger charge is 2.17. The Morgan fingerprint density at radius 1 is 1.33 bits per heavy atom. The minimum Gasteiger partial charge on any atom is -0.394 e. The molecule has 1 unspecified atom stereocenters. The first-order valence-electron chi connectivity index (χ1n) is 6.25. The Morgan fingerprint density at radius 3 is 2.44 bits per heavy atom. The monoisotopic (exact) mass is 250 g/mol. The molecule has 1 aromatic rings. The summed E-state index contributed by atoms with van der Waals surface area (Å²) in [5, 5.41) is 12.1. The van der Waals surface area contributed by atoms with Crippen LogP contribution in [-0.2, 0) is 4.79 Å². The third-order valence-electron chi connectivity index (χ3n) is 3.00. The Balaban J connectivity index is 2.56. The second-order valence-corrected chi connectivity index (χ2v) is 4.83. The minimum absolute atomic E-state index is 0.118. The van der Waals surface area contributed by atoms with Crippen LogP contribution in [0.25, 0.3) is 0 Å². The van der Waals surface area contributed by atoms with Crippen LogP contribution in [-0.4, -0.2) is 23.7 Å². The van der Waals surface area contributed by atoms with Crippen LogP contribution in [0.15, 0.2) is 30.3 Å². The molecule has 0 saturated heterocycles. The lowest BCUT2D eigenvalue weighted by Gasteiger charge is -2.19. The van der Waals surface area contributed by atoms with Gasteiger partial charge in [-0.1, -0.05) is 44.2 Å². The van der Waals surface area contributed by atoms with Gasteiger partial charge >= 0.3 is 0 Å². The van der Waals surface area contributed by atoms with Gasteiger partial charge in [0.1, 0.15) is 0 Å². The number of benzene rings is 1. The molecular formula is C14H22N2O2. The topological polar surface area (TPSA) is 75.4 Å². The zero-order chi connectivity index (χ0) is 13.5. The van der Waals surface area contributed by atoms with Crippen LogP contribution in [0.5, 0.6) is 0 Å². The van der Waals surface area contributed by atoms with E-state index in [4.69, 9.17) is 5.73 Å². The van der Waals surface area contributed by atoms with Gasteiger partial charge in [0, 0.05) is 12.5 Å². The predicted octanol–water partition coefficient (Wildman–Crippen LogP) is 1.21. The highest BCUT2D eigenvalue weighted by molar-refractivity contribution is 5.77. The fraction of sp³-hybridized carbons (Fsp3) is 0.500. The van der Waals surface area contributed by atoms with Crippen LogP contribution in [0.4, 0.5) is 0 Å². The van der Waals surface area contributed by atoms with Gasteiger partial charge in [-0.2, -0.15) is 0 Å². The summed E-state index contributed by atoms with van der Waals surface area (Å²) in [6.45, 7) is 3.85. The van der Waals surface area contributed by atoms with E-state index in [9.17, 15) is 9.90 Å². The molecule has 18 heavy (non-hydrogen) atoms. The van der Waals surface area contributed by atoms with Gasteiger partial charge in [-0.15, -0.1) is 0 Å². The largest absolute Gasteiger partial charge is 0.394 e. The summed E-state index contributed by atoms with van der Waals surface area (Å²) in [6.07, 6.45) is 0.279. The van der Waals surface area contributed by atoms with Gasteiger partial charge in [-0.25, -0.2) is 0 Å². The number of hydrogen-bond donors (Lipinski definition) is 3. The van der Waals surface area contributed by atoms with Crippen molar-refractivity contribution in [3.05, 3.63) is 35.9 Å². The Kier molecular flexibility index (Phi) is 5.82. The second kappa shape index (κ2) is 7.13. The molecule has 0 aromatic heterocycles. The molecular weight excluding hydrogens is 228 g/mol. The normalized spacial score (nSPS) is 14.3. The molecule has 0 aliphatic carbocycles. The third kappa shape index (κ3) is 4.47. The summed E-state index contributed by atoms with van der Waals surface area (Å²) in [7, 11) is 0. The molecule has 0 fully saturated rings. The molecule has 4 N–H and O–H groups in total. The van der Waals surface area contributed by atoms with E-state index in [1.54, 1.807) is 0 Å². The van der Waals surface area contributed by atoms with E-state index in [-0.39, 0.29) is 36.9 Å². The maximum absolute atomic E-state index is 11.8. The van der Waals surface area contributed by atoms with Crippen molar-refractivity contribution in [3.63, 3.8) is 0 Å². The fourth-order valence-corrected chi connectivity index (χ4v) is 1.62. The number of carbonyl (C=O) groups excluding carboxylic acids is 1. The van der Waals surface area contributed by atoms with Crippen molar-refractivity contribution >= 4 is 5.91 Å². The Bertz CT molecular complexity index is 365. The van der Waals surface area contributed by atoms with Crippen LogP contribution in [0.1, 0.15) is 31.9 Å². The molecule has 0 aliphatic heterocycles. The van der Waals surface area contributed by atoms with Gasteiger partial charge in [0.25, 0.3) is 0 Å². The molecule has 0 aliphatic rings. The minimum atomic E-state index is -0.363. The summed E-state index contributed by atoms with van der Waals surface area (Å²) in [5.41, 5.74) is 6.74. The zero-order valence-electron chi connectivity index (χ0n) is 11.0. The number of aliphatic hydroxyl groups is 1. The summed E-state index contributed by atoms with van der Waals surface area (Å²) in [6, 6.07) is 8.90. The number of nitrogens with two attached hydrogens (primary N) is 1. The first-order chi connectivity index (χ1) is 8.54. The fourth-order valence-electron chi connectivity index (χ4n) is 1.62. The number of hydrogen-bond acceptors (Lipinski definition) is 3. The van der Waals surface area contributed by atoms with Gasteiger partial charge in [-0.3, -0.25) is 4.79 Å². The summed E-state index contributed by atoms with van der Waals surface area (Å²) in [4.78, 5) is 11.8. The van der Waals surface area contributed by atoms with E-state index in [1.165, 1.54) is 0 Å². The van der Waals surface area contributed by atoms with Crippen LogP contribution in [0.2, 0.25) is 0 Å².